The van der Waals surface area contributed by atoms with Gasteiger partial charge in [-0.25, -0.2) is 4.79 Å². The van der Waals surface area contributed by atoms with E-state index in [1.54, 1.807) is 0 Å². The Balaban J connectivity index is 2.49. The normalized spacial score (nSPS) is 23.4. The Bertz CT molecular complexity index is 1010. The van der Waals surface area contributed by atoms with Gasteiger partial charge in [0, 0.05) is 33.8 Å². The topological polar surface area (TPSA) is 184 Å². The Morgan fingerprint density at radius 3 is 1.91 bits per heavy atom. The number of carbonyl (C=O) groups excluding carboxylic acids is 5. The van der Waals surface area contributed by atoms with Crippen molar-refractivity contribution in [2.75, 3.05) is 6.61 Å². The quantitative estimate of drug-likeness (QED) is 0.213. The van der Waals surface area contributed by atoms with Crippen molar-refractivity contribution in [1.29, 1.82) is 0 Å². The van der Waals surface area contributed by atoms with E-state index in [-0.39, 0.29) is 0 Å². The van der Waals surface area contributed by atoms with Crippen LogP contribution in [0.4, 0.5) is 5.69 Å². The average molecular weight is 497 g/mol. The summed E-state index contributed by atoms with van der Waals surface area (Å²) in [6.45, 7) is 3.66. The summed E-state index contributed by atoms with van der Waals surface area (Å²) in [4.78, 5) is 69.9. The summed E-state index contributed by atoms with van der Waals surface area (Å²) in [5, 5.41) is 11.3. The van der Waals surface area contributed by atoms with Crippen LogP contribution in [0, 0.1) is 10.1 Å². The smallest absolute Gasteiger partial charge is 0.347 e. The Labute approximate surface area is 198 Å². The standard InChI is InChI=1S/C21H23NO13/c1-10(23)30-9-16-17(31-11(2)24)18(32-12(3)25)19(33-13(4)26)21(34-16)35-20(27)14-7-5-6-8-15(14)22(28)29/h5-8,16-19,21H,9H2,1-4H3/t16-,17+,18+,19-,21+/m1/s1. The Hall–Kier alpha value is -4.07. The molecule has 0 spiro atoms. The van der Waals surface area contributed by atoms with Gasteiger partial charge in [0.15, 0.2) is 12.2 Å². The van der Waals surface area contributed by atoms with Crippen molar-refractivity contribution < 1.29 is 57.3 Å². The molecule has 14 nitrogen and oxygen atoms in total. The molecule has 1 aliphatic heterocycles. The van der Waals surface area contributed by atoms with Gasteiger partial charge in [0.2, 0.25) is 12.4 Å². The van der Waals surface area contributed by atoms with Crippen molar-refractivity contribution in [2.45, 2.75) is 58.4 Å². The number of rotatable bonds is 8. The Morgan fingerprint density at radius 2 is 1.37 bits per heavy atom. The van der Waals surface area contributed by atoms with Gasteiger partial charge >= 0.3 is 29.8 Å². The van der Waals surface area contributed by atoms with Crippen LogP contribution in [0.5, 0.6) is 0 Å². The molecule has 1 aromatic carbocycles. The number of ether oxygens (including phenoxy) is 6. The fraction of sp³-hybridized carbons (Fsp3) is 0.476. The molecule has 0 aromatic heterocycles. The van der Waals surface area contributed by atoms with Crippen molar-refractivity contribution >= 4 is 35.5 Å². The van der Waals surface area contributed by atoms with Gasteiger partial charge in [0.1, 0.15) is 18.3 Å². The van der Waals surface area contributed by atoms with Gasteiger partial charge in [-0.1, -0.05) is 12.1 Å². The molecular formula is C21H23NO13. The maximum Gasteiger partial charge on any atom is 0.347 e. The van der Waals surface area contributed by atoms with Gasteiger partial charge in [-0.05, 0) is 6.07 Å². The lowest BCUT2D eigenvalue weighted by molar-refractivity contribution is -0.385. The molecule has 14 heteroatoms. The molecule has 0 unspecified atom stereocenters. The molecule has 0 radical (unpaired) electrons. The highest BCUT2D eigenvalue weighted by Crippen LogP contribution is 2.31. The first-order chi connectivity index (χ1) is 16.4. The highest BCUT2D eigenvalue weighted by Gasteiger charge is 2.54. The van der Waals surface area contributed by atoms with E-state index in [0.717, 1.165) is 39.8 Å². The van der Waals surface area contributed by atoms with E-state index >= 15 is 0 Å². The van der Waals surface area contributed by atoms with Crippen LogP contribution in [0.25, 0.3) is 0 Å². The van der Waals surface area contributed by atoms with Crippen molar-refractivity contribution in [3.8, 4) is 0 Å². The minimum Gasteiger partial charge on any atom is -0.463 e. The monoisotopic (exact) mass is 497 g/mol. The second-order valence-corrected chi connectivity index (χ2v) is 7.25. The van der Waals surface area contributed by atoms with Crippen LogP contribution in [0.15, 0.2) is 24.3 Å². The van der Waals surface area contributed by atoms with E-state index in [1.807, 2.05) is 0 Å². The van der Waals surface area contributed by atoms with E-state index in [2.05, 4.69) is 0 Å². The van der Waals surface area contributed by atoms with Crippen LogP contribution in [-0.2, 0) is 47.6 Å². The molecule has 5 atom stereocenters. The third-order valence-electron chi connectivity index (χ3n) is 4.49. The lowest BCUT2D eigenvalue weighted by Gasteiger charge is -2.43. The van der Waals surface area contributed by atoms with Crippen LogP contribution in [0.3, 0.4) is 0 Å². The number of benzene rings is 1. The predicted octanol–water partition coefficient (Wildman–Crippen LogP) is 0.835. The molecule has 0 N–H and O–H groups in total. The minimum absolute atomic E-state index is 0.439. The fourth-order valence-corrected chi connectivity index (χ4v) is 3.26. The summed E-state index contributed by atoms with van der Waals surface area (Å²) < 4.78 is 31.4. The summed E-state index contributed by atoms with van der Waals surface area (Å²) >= 11 is 0. The molecule has 2 rings (SSSR count). The molecular weight excluding hydrogens is 474 g/mol. The van der Waals surface area contributed by atoms with Crippen molar-refractivity contribution in [3.05, 3.63) is 39.9 Å². The molecule has 0 aliphatic carbocycles. The van der Waals surface area contributed by atoms with Crippen molar-refractivity contribution in [3.63, 3.8) is 0 Å². The highest BCUT2D eigenvalue weighted by atomic mass is 16.7. The average Bonchev–Trinajstić information content (AvgIpc) is 2.75. The molecule has 1 heterocycles. The maximum absolute atomic E-state index is 12.8. The molecule has 1 aromatic rings. The van der Waals surface area contributed by atoms with E-state index in [0.29, 0.717) is 0 Å². The molecule has 0 bridgehead atoms. The van der Waals surface area contributed by atoms with Crippen LogP contribution in [0.1, 0.15) is 38.1 Å². The number of hydrogen-bond donors (Lipinski definition) is 0. The molecule has 1 fully saturated rings. The van der Waals surface area contributed by atoms with Gasteiger partial charge in [0.25, 0.3) is 5.69 Å². The summed E-state index contributed by atoms with van der Waals surface area (Å²) in [5.41, 5.74) is -1.01. The lowest BCUT2D eigenvalue weighted by Crippen LogP contribution is -2.63. The van der Waals surface area contributed by atoms with E-state index < -0.39 is 83.3 Å². The van der Waals surface area contributed by atoms with E-state index in [9.17, 15) is 34.1 Å². The number of nitrogens with zero attached hydrogens (tertiary/aromatic N) is 1. The van der Waals surface area contributed by atoms with Crippen LogP contribution >= 0.6 is 0 Å². The van der Waals surface area contributed by atoms with Gasteiger partial charge in [-0.2, -0.15) is 0 Å². The number of esters is 5. The van der Waals surface area contributed by atoms with Gasteiger partial charge in [-0.15, -0.1) is 0 Å². The number of hydrogen-bond acceptors (Lipinski definition) is 13. The Morgan fingerprint density at radius 1 is 0.829 bits per heavy atom. The van der Waals surface area contributed by atoms with E-state index in [4.69, 9.17) is 28.4 Å². The second-order valence-electron chi connectivity index (χ2n) is 7.25. The van der Waals surface area contributed by atoms with Gasteiger partial charge in [0.05, 0.1) is 4.92 Å². The zero-order valence-electron chi connectivity index (χ0n) is 19.2. The first kappa shape index (κ1) is 27.2. The second kappa shape index (κ2) is 11.9. The molecule has 190 valence electrons. The van der Waals surface area contributed by atoms with E-state index in [1.165, 1.54) is 12.1 Å². The summed E-state index contributed by atoms with van der Waals surface area (Å²) in [7, 11) is 0. The van der Waals surface area contributed by atoms with Crippen LogP contribution < -0.4 is 0 Å². The fourth-order valence-electron chi connectivity index (χ4n) is 3.26. The number of nitro benzene ring substituents is 1. The molecule has 0 saturated carbocycles. The number of carbonyl (C=O) groups is 5. The molecule has 0 amide bonds. The number of nitro groups is 1. The van der Waals surface area contributed by atoms with Crippen LogP contribution in [-0.4, -0.2) is 72.1 Å². The maximum atomic E-state index is 12.8. The molecule has 35 heavy (non-hydrogen) atoms. The third kappa shape index (κ3) is 7.46. The minimum atomic E-state index is -1.80. The Kier molecular flexibility index (Phi) is 9.22. The van der Waals surface area contributed by atoms with Crippen molar-refractivity contribution in [2.24, 2.45) is 0 Å². The predicted molar refractivity (Wildman–Crippen MR) is 110 cm³/mol. The van der Waals surface area contributed by atoms with Gasteiger partial charge < -0.3 is 28.4 Å². The molecule has 1 saturated heterocycles. The van der Waals surface area contributed by atoms with Crippen LogP contribution in [0.2, 0.25) is 0 Å². The highest BCUT2D eigenvalue weighted by molar-refractivity contribution is 5.94. The zero-order chi connectivity index (χ0) is 26.3. The van der Waals surface area contributed by atoms with Gasteiger partial charge in [-0.3, -0.25) is 29.3 Å². The SMILES string of the molecule is CC(=O)OC[C@H]1O[C@@H](OC(=O)c2ccccc2[N+](=O)[O-])[C@H](OC(C)=O)[C@@H](OC(C)=O)[C@H]1OC(C)=O. The summed E-state index contributed by atoms with van der Waals surface area (Å²) in [5.74, 6) is -4.56. The van der Waals surface area contributed by atoms with Crippen molar-refractivity contribution in [1.82, 2.24) is 0 Å². The molecule has 1 aliphatic rings. The zero-order valence-corrected chi connectivity index (χ0v) is 19.2. The number of para-hydroxylation sites is 1. The first-order valence-corrected chi connectivity index (χ1v) is 10.2. The first-order valence-electron chi connectivity index (χ1n) is 10.2. The summed E-state index contributed by atoms with van der Waals surface area (Å²) in [6, 6.07) is 4.90. The summed E-state index contributed by atoms with van der Waals surface area (Å²) in [6.07, 6.45) is -7.80. The third-order valence-corrected chi connectivity index (χ3v) is 4.49. The lowest BCUT2D eigenvalue weighted by atomic mass is 9.98. The largest absolute Gasteiger partial charge is 0.463 e.